The van der Waals surface area contributed by atoms with Gasteiger partial charge < -0.3 is 4.74 Å². The minimum Gasteiger partial charge on any atom is -0.450 e. The van der Waals surface area contributed by atoms with Crippen molar-refractivity contribution in [2.24, 2.45) is 0 Å². The van der Waals surface area contributed by atoms with Crippen LogP contribution < -0.4 is 15.0 Å². The summed E-state index contributed by atoms with van der Waals surface area (Å²) in [7, 11) is 0. The molecule has 0 bridgehead atoms. The van der Waals surface area contributed by atoms with Crippen molar-refractivity contribution in [1.29, 1.82) is 0 Å². The van der Waals surface area contributed by atoms with E-state index in [-0.39, 0.29) is 22.8 Å². The Balaban J connectivity index is 1.65. The summed E-state index contributed by atoms with van der Waals surface area (Å²) in [5, 5.41) is 24.4. The lowest BCUT2D eigenvalue weighted by Gasteiger charge is -2.26. The molecule has 4 amide bonds. The third-order valence-corrected chi connectivity index (χ3v) is 4.86. The van der Waals surface area contributed by atoms with Crippen molar-refractivity contribution in [2.45, 2.75) is 0 Å². The lowest BCUT2D eigenvalue weighted by molar-refractivity contribution is -0.394. The molecule has 0 saturated carbocycles. The topological polar surface area (TPSA) is 162 Å². The number of nitro groups is 2. The number of carbonyl (C=O) groups excluding carboxylic acids is 3. The molecule has 0 unspecified atom stereocenters. The zero-order valence-electron chi connectivity index (χ0n) is 17.6. The summed E-state index contributed by atoms with van der Waals surface area (Å²) in [4.78, 5) is 59.1. The van der Waals surface area contributed by atoms with Crippen molar-refractivity contribution in [3.05, 3.63) is 104 Å². The Kier molecular flexibility index (Phi) is 6.01. The zero-order chi connectivity index (χ0) is 25.1. The highest BCUT2D eigenvalue weighted by Gasteiger charge is 2.36. The predicted molar refractivity (Wildman–Crippen MR) is 122 cm³/mol. The number of anilines is 1. The van der Waals surface area contributed by atoms with Crippen molar-refractivity contribution in [1.82, 2.24) is 5.32 Å². The van der Waals surface area contributed by atoms with Crippen LogP contribution in [0.15, 0.2) is 78.4 Å². The minimum atomic E-state index is -0.885. The third kappa shape index (κ3) is 4.71. The van der Waals surface area contributed by atoms with Gasteiger partial charge in [0, 0.05) is 6.07 Å². The van der Waals surface area contributed by atoms with Crippen LogP contribution in [-0.2, 0) is 9.59 Å². The number of rotatable bonds is 6. The van der Waals surface area contributed by atoms with Crippen LogP contribution in [0.1, 0.15) is 5.56 Å². The highest BCUT2D eigenvalue weighted by Crippen LogP contribution is 2.34. The van der Waals surface area contributed by atoms with Crippen molar-refractivity contribution in [3.63, 3.8) is 0 Å². The number of imide groups is 2. The maximum atomic E-state index is 12.9. The predicted octanol–water partition coefficient (Wildman–Crippen LogP) is 3.96. The van der Waals surface area contributed by atoms with Crippen LogP contribution in [0.3, 0.4) is 0 Å². The van der Waals surface area contributed by atoms with Crippen LogP contribution in [-0.4, -0.2) is 27.7 Å². The van der Waals surface area contributed by atoms with E-state index in [1.807, 2.05) is 0 Å². The first-order valence-electron chi connectivity index (χ1n) is 9.92. The summed E-state index contributed by atoms with van der Waals surface area (Å²) >= 11 is 0. The molecule has 35 heavy (non-hydrogen) atoms. The number of nitro benzene ring substituents is 2. The van der Waals surface area contributed by atoms with Gasteiger partial charge in [0.1, 0.15) is 11.3 Å². The zero-order valence-corrected chi connectivity index (χ0v) is 17.6. The van der Waals surface area contributed by atoms with Gasteiger partial charge in [-0.25, -0.2) is 9.69 Å². The summed E-state index contributed by atoms with van der Waals surface area (Å²) in [5.41, 5.74) is -0.792. The molecule has 0 aromatic heterocycles. The molecule has 0 atom stereocenters. The maximum absolute atomic E-state index is 12.9. The SMILES string of the molecule is O=C1NC(=O)N(c2ccccc2)C(=O)/C1=C\c1cccc(Oc2ccc([N+](=O)[O-])cc2[N+](=O)[O-])c1. The number of carbonyl (C=O) groups is 3. The van der Waals surface area contributed by atoms with E-state index >= 15 is 0 Å². The molecule has 1 aliphatic rings. The quantitative estimate of drug-likeness (QED) is 0.243. The van der Waals surface area contributed by atoms with Crippen molar-refractivity contribution < 1.29 is 29.0 Å². The number of nitrogens with one attached hydrogen (secondary N) is 1. The Labute approximate surface area is 196 Å². The van der Waals surface area contributed by atoms with Gasteiger partial charge in [0.25, 0.3) is 17.5 Å². The number of barbiturate groups is 1. The van der Waals surface area contributed by atoms with E-state index in [1.54, 1.807) is 24.3 Å². The molecular weight excluding hydrogens is 460 g/mol. The average Bonchev–Trinajstić information content (AvgIpc) is 2.82. The molecule has 0 aliphatic carbocycles. The van der Waals surface area contributed by atoms with Crippen LogP contribution in [0.2, 0.25) is 0 Å². The second-order valence-electron chi connectivity index (χ2n) is 7.13. The van der Waals surface area contributed by atoms with Gasteiger partial charge in [-0.05, 0) is 42.0 Å². The molecule has 4 rings (SSSR count). The molecule has 3 aromatic rings. The molecule has 3 aromatic carbocycles. The largest absolute Gasteiger partial charge is 0.450 e. The first-order valence-corrected chi connectivity index (χ1v) is 9.92. The van der Waals surface area contributed by atoms with E-state index in [0.29, 0.717) is 5.56 Å². The highest BCUT2D eigenvalue weighted by molar-refractivity contribution is 6.39. The van der Waals surface area contributed by atoms with Crippen LogP contribution in [0, 0.1) is 20.2 Å². The number of urea groups is 1. The Bertz CT molecular complexity index is 1420. The molecule has 1 heterocycles. The van der Waals surface area contributed by atoms with Gasteiger partial charge in [-0.15, -0.1) is 0 Å². The molecule has 1 saturated heterocycles. The first-order chi connectivity index (χ1) is 16.7. The standard InChI is InChI=1S/C23H14N4O8/c28-21-18(22(29)25(23(30)24-21)15-6-2-1-3-7-15)12-14-5-4-8-17(11-14)35-20-10-9-16(26(31)32)13-19(20)27(33)34/h1-13H,(H,24,28,30)/b18-12-. The first kappa shape index (κ1) is 22.8. The summed E-state index contributed by atoms with van der Waals surface area (Å²) in [5.74, 6) is -1.85. The van der Waals surface area contributed by atoms with Crippen LogP contribution in [0.5, 0.6) is 11.5 Å². The Morgan fingerprint density at radius 2 is 1.60 bits per heavy atom. The van der Waals surface area contributed by atoms with Gasteiger partial charge >= 0.3 is 11.7 Å². The normalized spacial score (nSPS) is 14.6. The Hall–Kier alpha value is -5.39. The molecule has 1 fully saturated rings. The van der Waals surface area contributed by atoms with Gasteiger partial charge in [0.2, 0.25) is 5.75 Å². The fraction of sp³-hybridized carbons (Fsp3) is 0. The van der Waals surface area contributed by atoms with E-state index in [9.17, 15) is 34.6 Å². The van der Waals surface area contributed by atoms with Crippen LogP contribution in [0.4, 0.5) is 21.9 Å². The number of para-hydroxylation sites is 1. The maximum Gasteiger partial charge on any atom is 0.335 e. The minimum absolute atomic E-state index is 0.107. The third-order valence-electron chi connectivity index (χ3n) is 4.86. The fourth-order valence-electron chi connectivity index (χ4n) is 3.28. The number of non-ortho nitro benzene ring substituents is 1. The number of hydrogen-bond donors (Lipinski definition) is 1. The fourth-order valence-corrected chi connectivity index (χ4v) is 3.28. The van der Waals surface area contributed by atoms with E-state index in [1.165, 1.54) is 36.4 Å². The van der Waals surface area contributed by atoms with Crippen molar-refractivity contribution in [2.75, 3.05) is 4.90 Å². The van der Waals surface area contributed by atoms with E-state index in [2.05, 4.69) is 5.32 Å². The summed E-state index contributed by atoms with van der Waals surface area (Å²) < 4.78 is 5.55. The van der Waals surface area contributed by atoms with E-state index in [0.717, 1.165) is 23.1 Å². The van der Waals surface area contributed by atoms with Crippen molar-refractivity contribution in [3.8, 4) is 11.5 Å². The number of nitrogens with zero attached hydrogens (tertiary/aromatic N) is 3. The summed E-state index contributed by atoms with van der Waals surface area (Å²) in [6, 6.07) is 16.0. The number of benzene rings is 3. The van der Waals surface area contributed by atoms with Crippen LogP contribution in [0.25, 0.3) is 6.08 Å². The smallest absolute Gasteiger partial charge is 0.335 e. The van der Waals surface area contributed by atoms with E-state index in [4.69, 9.17) is 4.74 Å². The lowest BCUT2D eigenvalue weighted by Crippen LogP contribution is -2.54. The second-order valence-corrected chi connectivity index (χ2v) is 7.13. The lowest BCUT2D eigenvalue weighted by atomic mass is 10.1. The number of ether oxygens (including phenoxy) is 1. The Morgan fingerprint density at radius 3 is 2.29 bits per heavy atom. The molecule has 1 N–H and O–H groups in total. The monoisotopic (exact) mass is 474 g/mol. The summed E-state index contributed by atoms with van der Waals surface area (Å²) in [6.45, 7) is 0. The molecule has 1 aliphatic heterocycles. The molecule has 12 heteroatoms. The van der Waals surface area contributed by atoms with Gasteiger partial charge in [-0.3, -0.25) is 35.1 Å². The molecular formula is C23H14N4O8. The van der Waals surface area contributed by atoms with E-state index < -0.39 is 39.1 Å². The van der Waals surface area contributed by atoms with Crippen molar-refractivity contribution >= 4 is 41.0 Å². The number of hydrogen-bond acceptors (Lipinski definition) is 8. The van der Waals surface area contributed by atoms with Gasteiger partial charge in [0.05, 0.1) is 21.6 Å². The number of amides is 4. The van der Waals surface area contributed by atoms with Crippen LogP contribution >= 0.6 is 0 Å². The molecule has 174 valence electrons. The summed E-state index contributed by atoms with van der Waals surface area (Å²) in [6.07, 6.45) is 1.25. The second kappa shape index (κ2) is 9.23. The van der Waals surface area contributed by atoms with Gasteiger partial charge in [-0.2, -0.15) is 0 Å². The van der Waals surface area contributed by atoms with Gasteiger partial charge in [-0.1, -0.05) is 30.3 Å². The molecule has 0 spiro atoms. The average molecular weight is 474 g/mol. The Morgan fingerprint density at radius 1 is 0.857 bits per heavy atom. The molecule has 12 nitrogen and oxygen atoms in total. The highest BCUT2D eigenvalue weighted by atomic mass is 16.6. The van der Waals surface area contributed by atoms with Gasteiger partial charge in [0.15, 0.2) is 0 Å². The molecule has 0 radical (unpaired) electrons.